The Bertz CT molecular complexity index is 584. The van der Waals surface area contributed by atoms with Crippen molar-refractivity contribution < 1.29 is 4.74 Å². The van der Waals surface area contributed by atoms with Gasteiger partial charge in [-0.3, -0.25) is 10.4 Å². The Kier molecular flexibility index (Phi) is 4.55. The van der Waals surface area contributed by atoms with E-state index in [4.69, 9.17) is 16.3 Å². The normalized spacial score (nSPS) is 18.2. The van der Waals surface area contributed by atoms with Gasteiger partial charge >= 0.3 is 0 Å². The van der Waals surface area contributed by atoms with Crippen molar-refractivity contribution in [3.8, 4) is 0 Å². The lowest BCUT2D eigenvalue weighted by molar-refractivity contribution is 0.0250. The third-order valence-electron chi connectivity index (χ3n) is 3.22. The van der Waals surface area contributed by atoms with Crippen LogP contribution in [0.3, 0.4) is 0 Å². The summed E-state index contributed by atoms with van der Waals surface area (Å²) in [5.74, 6) is 0. The van der Waals surface area contributed by atoms with Crippen LogP contribution < -0.4 is 16.2 Å². The fourth-order valence-corrected chi connectivity index (χ4v) is 2.33. The van der Waals surface area contributed by atoms with Crippen molar-refractivity contribution in [1.29, 1.82) is 0 Å². The molecule has 5 nitrogen and oxygen atoms in total. The number of morpholine rings is 1. The third-order valence-corrected chi connectivity index (χ3v) is 3.45. The van der Waals surface area contributed by atoms with Crippen molar-refractivity contribution in [1.82, 2.24) is 10.3 Å². The molecule has 0 bridgehead atoms. The molecule has 1 unspecified atom stereocenters. The zero-order valence-corrected chi connectivity index (χ0v) is 12.2. The van der Waals surface area contributed by atoms with Gasteiger partial charge in [-0.15, -0.1) is 0 Å². The molecule has 1 atom stereocenters. The van der Waals surface area contributed by atoms with Crippen LogP contribution in [0.2, 0.25) is 5.02 Å². The molecule has 2 heterocycles. The van der Waals surface area contributed by atoms with Crippen LogP contribution in [0.25, 0.3) is 0 Å². The van der Waals surface area contributed by atoms with Gasteiger partial charge in [-0.25, -0.2) is 0 Å². The Hall–Kier alpha value is -1.82. The monoisotopic (exact) mass is 304 g/mol. The summed E-state index contributed by atoms with van der Waals surface area (Å²) in [7, 11) is 0. The zero-order chi connectivity index (χ0) is 14.5. The van der Waals surface area contributed by atoms with Crippen molar-refractivity contribution in [2.45, 2.75) is 6.10 Å². The number of benzene rings is 1. The first-order valence-electron chi connectivity index (χ1n) is 6.87. The minimum absolute atomic E-state index is 0.0358. The second-order valence-electron chi connectivity index (χ2n) is 4.80. The van der Waals surface area contributed by atoms with E-state index in [9.17, 15) is 0 Å². The van der Waals surface area contributed by atoms with Gasteiger partial charge in [0.1, 0.15) is 6.10 Å². The number of hydrogen-bond acceptors (Lipinski definition) is 5. The van der Waals surface area contributed by atoms with E-state index in [2.05, 4.69) is 21.2 Å². The Morgan fingerprint density at radius 3 is 2.81 bits per heavy atom. The highest BCUT2D eigenvalue weighted by atomic mass is 35.5. The number of nitrogens with zero attached hydrogens (tertiary/aromatic N) is 1. The first-order valence-corrected chi connectivity index (χ1v) is 7.25. The number of anilines is 2. The maximum absolute atomic E-state index is 5.93. The van der Waals surface area contributed by atoms with Crippen LogP contribution in [-0.2, 0) is 4.74 Å². The molecule has 1 aromatic heterocycles. The van der Waals surface area contributed by atoms with E-state index >= 15 is 0 Å². The third kappa shape index (κ3) is 3.85. The molecule has 6 heteroatoms. The molecule has 1 aliphatic rings. The first-order chi connectivity index (χ1) is 10.3. The maximum Gasteiger partial charge on any atom is 0.112 e. The van der Waals surface area contributed by atoms with Gasteiger partial charge in [0, 0.05) is 18.1 Å². The molecule has 1 aliphatic heterocycles. The molecule has 0 radical (unpaired) electrons. The van der Waals surface area contributed by atoms with Gasteiger partial charge in [-0.05, 0) is 30.3 Å². The molecule has 110 valence electrons. The topological polar surface area (TPSA) is 58.2 Å². The summed E-state index contributed by atoms with van der Waals surface area (Å²) in [5, 5.41) is 3.99. The van der Waals surface area contributed by atoms with Gasteiger partial charge in [-0.2, -0.15) is 0 Å². The molecule has 1 saturated heterocycles. The molecule has 0 amide bonds. The van der Waals surface area contributed by atoms with Gasteiger partial charge in [0.15, 0.2) is 0 Å². The van der Waals surface area contributed by atoms with Gasteiger partial charge in [0.25, 0.3) is 0 Å². The molecular weight excluding hydrogens is 288 g/mol. The molecule has 1 aromatic carbocycles. The Morgan fingerprint density at radius 1 is 1.19 bits per heavy atom. The number of pyridine rings is 1. The Balaban J connectivity index is 1.59. The highest BCUT2D eigenvalue weighted by molar-refractivity contribution is 6.30. The maximum atomic E-state index is 5.93. The van der Waals surface area contributed by atoms with Gasteiger partial charge in [-0.1, -0.05) is 17.7 Å². The van der Waals surface area contributed by atoms with E-state index in [0.29, 0.717) is 5.02 Å². The number of ether oxygens (including phenoxy) is 1. The molecular formula is C15H17ClN4O. The lowest BCUT2D eigenvalue weighted by atomic mass is 10.2. The molecule has 0 saturated carbocycles. The fraction of sp³-hybridized carbons (Fsp3) is 0.267. The standard InChI is InChI=1S/C15H17ClN4O/c16-11-2-1-3-12(8-11)19-20-13-4-5-14(18-9-13)15-10-17-6-7-21-15/h1-5,8-9,15,17,19-20H,6-7,10H2. The van der Waals surface area contributed by atoms with Crippen LogP contribution in [0.4, 0.5) is 11.4 Å². The van der Waals surface area contributed by atoms with Crippen molar-refractivity contribution in [2.24, 2.45) is 0 Å². The van der Waals surface area contributed by atoms with E-state index in [1.54, 1.807) is 6.20 Å². The lowest BCUT2D eigenvalue weighted by Crippen LogP contribution is -2.33. The predicted molar refractivity (Wildman–Crippen MR) is 84.5 cm³/mol. The van der Waals surface area contributed by atoms with Crippen LogP contribution >= 0.6 is 11.6 Å². The van der Waals surface area contributed by atoms with Crippen LogP contribution in [0, 0.1) is 0 Å². The van der Waals surface area contributed by atoms with Gasteiger partial charge in [0.05, 0.1) is 29.9 Å². The van der Waals surface area contributed by atoms with E-state index < -0.39 is 0 Å². The minimum atomic E-state index is 0.0358. The molecule has 1 fully saturated rings. The second-order valence-corrected chi connectivity index (χ2v) is 5.23. The number of hydrogen-bond donors (Lipinski definition) is 3. The quantitative estimate of drug-likeness (QED) is 0.758. The van der Waals surface area contributed by atoms with Crippen LogP contribution in [0.1, 0.15) is 11.8 Å². The largest absolute Gasteiger partial charge is 0.369 e. The van der Waals surface area contributed by atoms with E-state index in [0.717, 1.165) is 36.8 Å². The lowest BCUT2D eigenvalue weighted by Gasteiger charge is -2.23. The number of hydrazine groups is 1. The van der Waals surface area contributed by atoms with Crippen molar-refractivity contribution in [3.63, 3.8) is 0 Å². The summed E-state index contributed by atoms with van der Waals surface area (Å²) in [6, 6.07) is 11.4. The summed E-state index contributed by atoms with van der Waals surface area (Å²) in [6.07, 6.45) is 1.82. The van der Waals surface area contributed by atoms with Crippen LogP contribution in [0.5, 0.6) is 0 Å². The smallest absolute Gasteiger partial charge is 0.112 e. The molecule has 0 spiro atoms. The van der Waals surface area contributed by atoms with E-state index in [1.807, 2.05) is 36.4 Å². The fourth-order valence-electron chi connectivity index (χ4n) is 2.14. The molecule has 3 N–H and O–H groups in total. The summed E-state index contributed by atoms with van der Waals surface area (Å²) < 4.78 is 5.67. The van der Waals surface area contributed by atoms with Crippen LogP contribution in [-0.4, -0.2) is 24.7 Å². The number of rotatable bonds is 4. The molecule has 3 rings (SSSR count). The Labute approximate surface area is 128 Å². The highest BCUT2D eigenvalue weighted by Gasteiger charge is 2.16. The number of halogens is 1. The zero-order valence-electron chi connectivity index (χ0n) is 11.5. The SMILES string of the molecule is Clc1cccc(NNc2ccc(C3CNCCO3)nc2)c1. The van der Waals surface area contributed by atoms with E-state index in [-0.39, 0.29) is 6.10 Å². The minimum Gasteiger partial charge on any atom is -0.369 e. The summed E-state index contributed by atoms with van der Waals surface area (Å²) in [5.41, 5.74) is 8.89. The molecule has 2 aromatic rings. The summed E-state index contributed by atoms with van der Waals surface area (Å²) in [6.45, 7) is 2.43. The predicted octanol–water partition coefficient (Wildman–Crippen LogP) is 2.83. The second kappa shape index (κ2) is 6.76. The summed E-state index contributed by atoms with van der Waals surface area (Å²) >= 11 is 5.93. The van der Waals surface area contributed by atoms with Crippen LogP contribution in [0.15, 0.2) is 42.6 Å². The number of nitrogens with one attached hydrogen (secondary N) is 3. The van der Waals surface area contributed by atoms with Gasteiger partial charge in [0.2, 0.25) is 0 Å². The average Bonchev–Trinajstić information content (AvgIpc) is 2.54. The van der Waals surface area contributed by atoms with E-state index in [1.165, 1.54) is 0 Å². The first kappa shape index (κ1) is 14.1. The number of aromatic nitrogens is 1. The molecule has 0 aliphatic carbocycles. The van der Waals surface area contributed by atoms with Gasteiger partial charge < -0.3 is 15.5 Å². The van der Waals surface area contributed by atoms with Crippen molar-refractivity contribution in [2.75, 3.05) is 30.5 Å². The van der Waals surface area contributed by atoms with Crippen molar-refractivity contribution in [3.05, 3.63) is 53.3 Å². The molecule has 21 heavy (non-hydrogen) atoms. The highest BCUT2D eigenvalue weighted by Crippen LogP contribution is 2.19. The average molecular weight is 305 g/mol. The summed E-state index contributed by atoms with van der Waals surface area (Å²) in [4.78, 5) is 4.44. The van der Waals surface area contributed by atoms with Crippen molar-refractivity contribution >= 4 is 23.0 Å². The Morgan fingerprint density at radius 2 is 2.10 bits per heavy atom.